The molecule has 0 aliphatic heterocycles. The summed E-state index contributed by atoms with van der Waals surface area (Å²) >= 11 is 0. The van der Waals surface area contributed by atoms with Crippen LogP contribution in [0.4, 0.5) is 0 Å². The maximum atomic E-state index is 12.9. The van der Waals surface area contributed by atoms with Gasteiger partial charge in [0.1, 0.15) is 18.1 Å². The maximum absolute atomic E-state index is 12.9. The highest BCUT2D eigenvalue weighted by Crippen LogP contribution is 2.19. The first-order valence-electron chi connectivity index (χ1n) is 9.60. The molecule has 7 heteroatoms. The van der Waals surface area contributed by atoms with Crippen molar-refractivity contribution >= 4 is 11.7 Å². The first-order valence-corrected chi connectivity index (χ1v) is 9.60. The highest BCUT2D eigenvalue weighted by Gasteiger charge is 2.27. The molecule has 0 atom stereocenters. The number of hydrogen-bond donors (Lipinski definition) is 0. The van der Waals surface area contributed by atoms with Gasteiger partial charge in [-0.1, -0.05) is 18.2 Å². The molecule has 1 amide bonds. The Labute approximate surface area is 175 Å². The van der Waals surface area contributed by atoms with Crippen LogP contribution in [0.1, 0.15) is 21.7 Å². The molecule has 0 saturated heterocycles. The summed E-state index contributed by atoms with van der Waals surface area (Å²) in [5, 5.41) is 4.45. The molecule has 2 aromatic carbocycles. The van der Waals surface area contributed by atoms with E-state index in [2.05, 4.69) is 5.10 Å². The Bertz CT molecular complexity index is 1030. The van der Waals surface area contributed by atoms with E-state index < -0.39 is 11.7 Å². The highest BCUT2D eigenvalue weighted by atomic mass is 16.5. The van der Waals surface area contributed by atoms with Gasteiger partial charge in [0.2, 0.25) is 0 Å². The van der Waals surface area contributed by atoms with Crippen LogP contribution in [0, 0.1) is 13.8 Å². The molecule has 0 aliphatic rings. The number of hydrogen-bond acceptors (Lipinski definition) is 5. The Morgan fingerprint density at radius 2 is 1.63 bits per heavy atom. The van der Waals surface area contributed by atoms with Crippen LogP contribution in [0.3, 0.4) is 0 Å². The minimum Gasteiger partial charge on any atom is -0.497 e. The molecule has 0 N–H and O–H groups in total. The zero-order chi connectivity index (χ0) is 21.7. The predicted molar refractivity (Wildman–Crippen MR) is 113 cm³/mol. The van der Waals surface area contributed by atoms with Crippen molar-refractivity contribution < 1.29 is 19.1 Å². The molecule has 3 rings (SSSR count). The predicted octanol–water partition coefficient (Wildman–Crippen LogP) is 3.22. The van der Waals surface area contributed by atoms with Crippen molar-refractivity contribution in [1.82, 2.24) is 14.7 Å². The third-order valence-corrected chi connectivity index (χ3v) is 4.81. The lowest BCUT2D eigenvalue weighted by Crippen LogP contribution is -2.36. The molecule has 0 unspecified atom stereocenters. The van der Waals surface area contributed by atoms with Crippen molar-refractivity contribution in [1.29, 1.82) is 0 Å². The zero-order valence-corrected chi connectivity index (χ0v) is 17.6. The number of likely N-dealkylation sites (N-methyl/N-ethyl adjacent to an activating group) is 1. The summed E-state index contributed by atoms with van der Waals surface area (Å²) in [5.74, 6) is 0.243. The average Bonchev–Trinajstić information content (AvgIpc) is 3.07. The third kappa shape index (κ3) is 4.51. The summed E-state index contributed by atoms with van der Waals surface area (Å²) in [6, 6.07) is 16.7. The van der Waals surface area contributed by atoms with Crippen LogP contribution in [0.15, 0.2) is 54.6 Å². The lowest BCUT2D eigenvalue weighted by Gasteiger charge is -2.17. The number of ether oxygens (including phenoxy) is 2. The average molecular weight is 407 g/mol. The SMILES string of the molecule is COc1ccc(OCCN(C)C(=O)C(=O)c2c(C)nn(-c3ccccc3)c2C)cc1. The summed E-state index contributed by atoms with van der Waals surface area (Å²) in [7, 11) is 3.18. The number of para-hydroxylation sites is 1. The number of ketones is 1. The molecule has 156 valence electrons. The van der Waals surface area contributed by atoms with Gasteiger partial charge in [-0.25, -0.2) is 4.68 Å². The molecule has 0 bridgehead atoms. The highest BCUT2D eigenvalue weighted by molar-refractivity contribution is 6.43. The second kappa shape index (κ2) is 9.26. The zero-order valence-electron chi connectivity index (χ0n) is 17.6. The standard InChI is InChI=1S/C23H25N3O4/c1-16-21(17(2)26(24-16)18-8-6-5-7-9-18)22(27)23(28)25(3)14-15-30-20-12-10-19(29-4)11-13-20/h5-13H,14-15H2,1-4H3. The molecule has 1 aromatic heterocycles. The number of amides is 1. The van der Waals surface area contributed by atoms with Crippen molar-refractivity contribution in [3.05, 3.63) is 71.5 Å². The number of rotatable bonds is 8. The number of nitrogens with zero attached hydrogens (tertiary/aromatic N) is 3. The number of Topliss-reactive ketones (excluding diaryl/α,β-unsaturated/α-hetero) is 1. The Hall–Kier alpha value is -3.61. The second-order valence-corrected chi connectivity index (χ2v) is 6.87. The lowest BCUT2D eigenvalue weighted by molar-refractivity contribution is -0.125. The first-order chi connectivity index (χ1) is 14.4. The third-order valence-electron chi connectivity index (χ3n) is 4.81. The van der Waals surface area contributed by atoms with E-state index in [1.807, 2.05) is 30.3 Å². The molecule has 1 heterocycles. The van der Waals surface area contributed by atoms with Gasteiger partial charge in [0.15, 0.2) is 0 Å². The van der Waals surface area contributed by atoms with Gasteiger partial charge in [0.05, 0.1) is 36.3 Å². The molecule has 3 aromatic rings. The van der Waals surface area contributed by atoms with Crippen molar-refractivity contribution in [3.63, 3.8) is 0 Å². The van der Waals surface area contributed by atoms with Crippen LogP contribution in [0.25, 0.3) is 5.69 Å². The van der Waals surface area contributed by atoms with E-state index in [0.717, 1.165) is 11.4 Å². The summed E-state index contributed by atoms with van der Waals surface area (Å²) < 4.78 is 12.4. The minimum atomic E-state index is -0.591. The number of benzene rings is 2. The van der Waals surface area contributed by atoms with E-state index >= 15 is 0 Å². The van der Waals surface area contributed by atoms with Gasteiger partial charge in [0, 0.05) is 7.05 Å². The number of carbonyl (C=O) groups excluding carboxylic acids is 2. The van der Waals surface area contributed by atoms with Crippen LogP contribution in [0.2, 0.25) is 0 Å². The normalized spacial score (nSPS) is 10.5. The monoisotopic (exact) mass is 407 g/mol. The van der Waals surface area contributed by atoms with Crippen LogP contribution < -0.4 is 9.47 Å². The number of aryl methyl sites for hydroxylation is 1. The molecule has 0 aliphatic carbocycles. The topological polar surface area (TPSA) is 73.7 Å². The maximum Gasteiger partial charge on any atom is 0.294 e. The van der Waals surface area contributed by atoms with E-state index in [9.17, 15) is 9.59 Å². The Balaban J connectivity index is 1.64. The Morgan fingerprint density at radius 3 is 2.27 bits per heavy atom. The molecular weight excluding hydrogens is 382 g/mol. The number of carbonyl (C=O) groups is 2. The summed E-state index contributed by atoms with van der Waals surface area (Å²) in [5.41, 5.74) is 2.34. The fourth-order valence-corrected chi connectivity index (χ4v) is 3.15. The Morgan fingerprint density at radius 1 is 1.00 bits per heavy atom. The minimum absolute atomic E-state index is 0.267. The van der Waals surface area contributed by atoms with Gasteiger partial charge in [-0.05, 0) is 50.2 Å². The van der Waals surface area contributed by atoms with Crippen LogP contribution >= 0.6 is 0 Å². The van der Waals surface area contributed by atoms with Crippen molar-refractivity contribution in [2.45, 2.75) is 13.8 Å². The van der Waals surface area contributed by atoms with E-state index in [1.165, 1.54) is 4.90 Å². The van der Waals surface area contributed by atoms with Gasteiger partial charge in [0.25, 0.3) is 11.7 Å². The molecular formula is C23H25N3O4. The van der Waals surface area contributed by atoms with E-state index in [0.29, 0.717) is 22.7 Å². The molecule has 7 nitrogen and oxygen atoms in total. The van der Waals surface area contributed by atoms with Gasteiger partial charge in [-0.3, -0.25) is 9.59 Å². The van der Waals surface area contributed by atoms with Crippen LogP contribution in [0.5, 0.6) is 11.5 Å². The lowest BCUT2D eigenvalue weighted by atomic mass is 10.1. The summed E-state index contributed by atoms with van der Waals surface area (Å²) in [4.78, 5) is 26.9. The first kappa shape index (κ1) is 21.1. The van der Waals surface area contributed by atoms with E-state index in [4.69, 9.17) is 9.47 Å². The smallest absolute Gasteiger partial charge is 0.294 e. The van der Waals surface area contributed by atoms with Crippen molar-refractivity contribution in [3.8, 4) is 17.2 Å². The van der Waals surface area contributed by atoms with E-state index in [-0.39, 0.29) is 13.2 Å². The fourth-order valence-electron chi connectivity index (χ4n) is 3.15. The van der Waals surface area contributed by atoms with Crippen LogP contribution in [-0.4, -0.2) is 53.7 Å². The summed E-state index contributed by atoms with van der Waals surface area (Å²) in [6.45, 7) is 4.07. The molecule has 0 radical (unpaired) electrons. The number of methoxy groups -OCH3 is 1. The molecule has 30 heavy (non-hydrogen) atoms. The molecule has 0 spiro atoms. The fraction of sp³-hybridized carbons (Fsp3) is 0.261. The Kier molecular flexibility index (Phi) is 6.51. The summed E-state index contributed by atoms with van der Waals surface area (Å²) in [6.07, 6.45) is 0. The van der Waals surface area contributed by atoms with Crippen molar-refractivity contribution in [2.24, 2.45) is 0 Å². The van der Waals surface area contributed by atoms with E-state index in [1.54, 1.807) is 57.0 Å². The van der Waals surface area contributed by atoms with Gasteiger partial charge < -0.3 is 14.4 Å². The van der Waals surface area contributed by atoms with Crippen LogP contribution in [-0.2, 0) is 4.79 Å². The second-order valence-electron chi connectivity index (χ2n) is 6.87. The quantitative estimate of drug-likeness (QED) is 0.423. The molecule has 0 saturated carbocycles. The van der Waals surface area contributed by atoms with Gasteiger partial charge in [-0.15, -0.1) is 0 Å². The largest absolute Gasteiger partial charge is 0.497 e. The molecule has 0 fully saturated rings. The van der Waals surface area contributed by atoms with Crippen molar-refractivity contribution in [2.75, 3.05) is 27.3 Å². The number of aromatic nitrogens is 2. The van der Waals surface area contributed by atoms with Gasteiger partial charge in [-0.2, -0.15) is 5.10 Å². The van der Waals surface area contributed by atoms with Gasteiger partial charge >= 0.3 is 0 Å².